The fourth-order valence-electron chi connectivity index (χ4n) is 0.0559. The molecule has 0 aliphatic rings. The molecule has 34 valence electrons. The Hall–Kier alpha value is -0.350. The van der Waals surface area contributed by atoms with Crippen molar-refractivity contribution >= 4 is 17.3 Å². The van der Waals surface area contributed by atoms with Gasteiger partial charge in [-0.2, -0.15) is 0 Å². The summed E-state index contributed by atoms with van der Waals surface area (Å²) < 4.78 is 0. The highest BCUT2D eigenvalue weighted by molar-refractivity contribution is 7.80. The molecule has 6 heavy (non-hydrogen) atoms. The van der Waals surface area contributed by atoms with Crippen LogP contribution in [0.3, 0.4) is 0 Å². The van der Waals surface area contributed by atoms with E-state index in [9.17, 15) is 0 Å². The average Bonchev–Trinajstić information content (AvgIpc) is 1.65. The van der Waals surface area contributed by atoms with E-state index in [-0.39, 0.29) is 5.11 Å². The zero-order valence-corrected chi connectivity index (χ0v) is 4.17. The third kappa shape index (κ3) is 1.92. The molecule has 0 rings (SSSR count). The van der Waals surface area contributed by atoms with Crippen molar-refractivity contribution in [2.24, 2.45) is 0 Å². The highest BCUT2D eigenvalue weighted by atomic mass is 32.1. The van der Waals surface area contributed by atoms with E-state index in [0.717, 1.165) is 0 Å². The Morgan fingerprint density at radius 3 is 2.33 bits per heavy atom. The minimum atomic E-state index is 0.231. The van der Waals surface area contributed by atoms with Crippen LogP contribution in [-0.2, 0) is 0 Å². The fourth-order valence-corrected chi connectivity index (χ4v) is 0.0559. The van der Waals surface area contributed by atoms with E-state index in [0.29, 0.717) is 0 Å². The molecule has 0 aliphatic carbocycles. The second-order valence-corrected chi connectivity index (χ2v) is 1.10. The molecule has 0 aromatic heterocycles. The number of nitrogens with zero attached hydrogens (tertiary/aromatic N) is 1. The van der Waals surface area contributed by atoms with Crippen LogP contribution >= 0.6 is 12.2 Å². The summed E-state index contributed by atoms with van der Waals surface area (Å²) in [6, 6.07) is 0. The molecule has 0 atom stereocenters. The van der Waals surface area contributed by atoms with Gasteiger partial charge in [0, 0.05) is 7.05 Å². The number of hydrogen-bond acceptors (Lipinski definition) is 1. The zero-order valence-electron chi connectivity index (χ0n) is 3.36. The van der Waals surface area contributed by atoms with E-state index in [1.807, 2.05) is 0 Å². The maximum Gasteiger partial charge on any atom is 0.183 e. The van der Waals surface area contributed by atoms with Crippen LogP contribution in [0.1, 0.15) is 0 Å². The Kier molecular flexibility index (Phi) is 2.70. The SMILES string of the molecule is CNC(=S)N[N]. The Bertz CT molecular complexity index is 46.8. The van der Waals surface area contributed by atoms with Gasteiger partial charge < -0.3 is 5.32 Å². The molecular formula is C2H5N3S. The second kappa shape index (κ2) is 2.87. The van der Waals surface area contributed by atoms with E-state index < -0.39 is 0 Å². The van der Waals surface area contributed by atoms with Gasteiger partial charge in [-0.25, -0.2) is 0 Å². The van der Waals surface area contributed by atoms with Crippen molar-refractivity contribution in [2.45, 2.75) is 0 Å². The van der Waals surface area contributed by atoms with E-state index in [1.165, 1.54) is 0 Å². The van der Waals surface area contributed by atoms with Crippen LogP contribution in [-0.4, -0.2) is 12.2 Å². The molecule has 0 aromatic carbocycles. The first-order valence-corrected chi connectivity index (χ1v) is 1.84. The summed E-state index contributed by atoms with van der Waals surface area (Å²) in [6.07, 6.45) is 0. The van der Waals surface area contributed by atoms with Gasteiger partial charge in [-0.05, 0) is 18.1 Å². The molecule has 0 fully saturated rings. The summed E-state index contributed by atoms with van der Waals surface area (Å²) in [7, 11) is 1.62. The maximum absolute atomic E-state index is 7.88. The Morgan fingerprint density at radius 1 is 1.83 bits per heavy atom. The number of rotatable bonds is 0. The molecule has 0 saturated carbocycles. The van der Waals surface area contributed by atoms with Crippen LogP contribution in [0.2, 0.25) is 0 Å². The highest BCUT2D eigenvalue weighted by Crippen LogP contribution is 1.51. The van der Waals surface area contributed by atoms with Crippen molar-refractivity contribution < 1.29 is 0 Å². The lowest BCUT2D eigenvalue weighted by Crippen LogP contribution is -2.30. The van der Waals surface area contributed by atoms with Crippen molar-refractivity contribution in [3.8, 4) is 0 Å². The van der Waals surface area contributed by atoms with E-state index in [2.05, 4.69) is 17.5 Å². The number of nitrogens with one attached hydrogen (secondary N) is 2. The molecule has 4 heteroatoms. The lowest BCUT2D eigenvalue weighted by molar-refractivity contribution is 0.940. The lowest BCUT2D eigenvalue weighted by atomic mass is 11.1. The van der Waals surface area contributed by atoms with Gasteiger partial charge in [0.1, 0.15) is 0 Å². The Labute approximate surface area is 41.9 Å². The van der Waals surface area contributed by atoms with Gasteiger partial charge in [0.05, 0.1) is 0 Å². The van der Waals surface area contributed by atoms with Gasteiger partial charge >= 0.3 is 0 Å². The molecular weight excluding hydrogens is 98.1 g/mol. The summed E-state index contributed by atoms with van der Waals surface area (Å²) in [4.78, 5) is 0. The molecule has 3 nitrogen and oxygen atoms in total. The van der Waals surface area contributed by atoms with Crippen LogP contribution in [0, 0.1) is 0 Å². The van der Waals surface area contributed by atoms with E-state index in [1.54, 1.807) is 12.5 Å². The Balaban J connectivity index is 2.99. The monoisotopic (exact) mass is 103 g/mol. The van der Waals surface area contributed by atoms with Crippen LogP contribution in [0.4, 0.5) is 0 Å². The fraction of sp³-hybridized carbons (Fsp3) is 0.500. The van der Waals surface area contributed by atoms with Gasteiger partial charge in [0.2, 0.25) is 0 Å². The maximum atomic E-state index is 7.88. The van der Waals surface area contributed by atoms with Crippen LogP contribution < -0.4 is 16.6 Å². The van der Waals surface area contributed by atoms with E-state index in [4.69, 9.17) is 5.84 Å². The lowest BCUT2D eigenvalue weighted by Gasteiger charge is -1.92. The number of thiocarbonyl (C=S) groups is 1. The first-order chi connectivity index (χ1) is 2.81. The molecule has 0 spiro atoms. The molecule has 0 amide bonds. The van der Waals surface area contributed by atoms with Crippen LogP contribution in [0.25, 0.3) is 0 Å². The average molecular weight is 103 g/mol. The highest BCUT2D eigenvalue weighted by Gasteiger charge is 1.78. The number of hydrogen-bond donors (Lipinski definition) is 2. The summed E-state index contributed by atoms with van der Waals surface area (Å²) >= 11 is 4.38. The van der Waals surface area contributed by atoms with Gasteiger partial charge in [0.15, 0.2) is 5.11 Å². The third-order valence-electron chi connectivity index (χ3n) is 0.329. The Morgan fingerprint density at radius 2 is 2.33 bits per heavy atom. The minimum Gasteiger partial charge on any atom is -0.365 e. The topological polar surface area (TPSA) is 46.4 Å². The van der Waals surface area contributed by atoms with Crippen molar-refractivity contribution in [3.63, 3.8) is 0 Å². The first-order valence-electron chi connectivity index (χ1n) is 1.43. The largest absolute Gasteiger partial charge is 0.365 e. The first kappa shape index (κ1) is 5.65. The molecule has 2 radical (unpaired) electrons. The van der Waals surface area contributed by atoms with Gasteiger partial charge in [-0.15, -0.1) is 0 Å². The quantitative estimate of drug-likeness (QED) is 0.307. The predicted octanol–water partition coefficient (Wildman–Crippen LogP) is -0.936. The minimum absolute atomic E-state index is 0.231. The molecule has 0 saturated heterocycles. The molecule has 2 N–H and O–H groups in total. The van der Waals surface area contributed by atoms with Gasteiger partial charge in [0.25, 0.3) is 0 Å². The third-order valence-corrected chi connectivity index (χ3v) is 0.624. The smallest absolute Gasteiger partial charge is 0.183 e. The molecule has 0 unspecified atom stereocenters. The van der Waals surface area contributed by atoms with Crippen molar-refractivity contribution in [2.75, 3.05) is 7.05 Å². The van der Waals surface area contributed by atoms with Crippen molar-refractivity contribution in [1.29, 1.82) is 0 Å². The van der Waals surface area contributed by atoms with Gasteiger partial charge in [-0.1, -0.05) is 0 Å². The summed E-state index contributed by atoms with van der Waals surface area (Å²) in [5, 5.41) is 2.72. The second-order valence-electron chi connectivity index (χ2n) is 0.691. The summed E-state index contributed by atoms with van der Waals surface area (Å²) in [5.74, 6) is 7.88. The van der Waals surface area contributed by atoms with Crippen LogP contribution in [0.15, 0.2) is 0 Å². The van der Waals surface area contributed by atoms with Crippen molar-refractivity contribution in [1.82, 2.24) is 16.6 Å². The molecule has 0 aliphatic heterocycles. The summed E-state index contributed by atoms with van der Waals surface area (Å²) in [5.41, 5.74) is 1.73. The summed E-state index contributed by atoms with van der Waals surface area (Å²) in [6.45, 7) is 0. The van der Waals surface area contributed by atoms with Gasteiger partial charge in [-0.3, -0.25) is 5.43 Å². The van der Waals surface area contributed by atoms with E-state index >= 15 is 0 Å². The normalized spacial score (nSPS) is 7.00. The molecule has 0 aromatic rings. The van der Waals surface area contributed by atoms with Crippen LogP contribution in [0.5, 0.6) is 0 Å². The van der Waals surface area contributed by atoms with Crippen molar-refractivity contribution in [3.05, 3.63) is 0 Å². The molecule has 0 bridgehead atoms. The predicted molar refractivity (Wildman–Crippen MR) is 26.9 cm³/mol. The zero-order chi connectivity index (χ0) is 4.99. The molecule has 0 heterocycles. The standard InChI is InChI=1S/C2H5N3S/c1-4-2(6)5-3/h1H3,(H2,4,5,6).